The van der Waals surface area contributed by atoms with Crippen LogP contribution >= 0.6 is 11.3 Å². The van der Waals surface area contributed by atoms with Gasteiger partial charge in [0, 0.05) is 23.9 Å². The Bertz CT molecular complexity index is 637. The SMILES string of the molecule is COc1cccc(-c2nc(CCC(=O)NCCC(C)C)cs2)c1. The van der Waals surface area contributed by atoms with Crippen LogP contribution in [-0.4, -0.2) is 24.5 Å². The van der Waals surface area contributed by atoms with Crippen molar-refractivity contribution in [2.45, 2.75) is 33.1 Å². The van der Waals surface area contributed by atoms with E-state index in [0.717, 1.165) is 35.0 Å². The average molecular weight is 332 g/mol. The van der Waals surface area contributed by atoms with E-state index in [9.17, 15) is 4.79 Å². The first-order chi connectivity index (χ1) is 11.1. The maximum atomic E-state index is 11.8. The molecule has 23 heavy (non-hydrogen) atoms. The normalized spacial score (nSPS) is 10.8. The Kier molecular flexibility index (Phi) is 6.59. The molecule has 1 aromatic carbocycles. The number of benzene rings is 1. The number of aromatic nitrogens is 1. The topological polar surface area (TPSA) is 51.2 Å². The van der Waals surface area contributed by atoms with Crippen molar-refractivity contribution in [2.24, 2.45) is 5.92 Å². The van der Waals surface area contributed by atoms with Gasteiger partial charge in [0.25, 0.3) is 0 Å². The Hall–Kier alpha value is -1.88. The lowest BCUT2D eigenvalue weighted by Gasteiger charge is -2.06. The molecular weight excluding hydrogens is 308 g/mol. The van der Waals surface area contributed by atoms with Crippen molar-refractivity contribution in [3.05, 3.63) is 35.3 Å². The molecule has 2 aromatic rings. The quantitative estimate of drug-likeness (QED) is 0.797. The summed E-state index contributed by atoms with van der Waals surface area (Å²) < 4.78 is 5.24. The van der Waals surface area contributed by atoms with E-state index >= 15 is 0 Å². The molecular formula is C18H24N2O2S. The van der Waals surface area contributed by atoms with Crippen molar-refractivity contribution in [3.8, 4) is 16.3 Å². The molecule has 0 spiro atoms. The highest BCUT2D eigenvalue weighted by Crippen LogP contribution is 2.27. The zero-order valence-electron chi connectivity index (χ0n) is 14.0. The number of nitrogens with zero attached hydrogens (tertiary/aromatic N) is 1. The van der Waals surface area contributed by atoms with E-state index < -0.39 is 0 Å². The maximum absolute atomic E-state index is 11.8. The summed E-state index contributed by atoms with van der Waals surface area (Å²) >= 11 is 1.60. The van der Waals surface area contributed by atoms with Gasteiger partial charge in [-0.3, -0.25) is 4.79 Å². The lowest BCUT2D eigenvalue weighted by molar-refractivity contribution is -0.121. The number of amides is 1. The molecule has 0 aliphatic heterocycles. The van der Waals surface area contributed by atoms with E-state index in [1.807, 2.05) is 29.6 Å². The van der Waals surface area contributed by atoms with Crippen LogP contribution < -0.4 is 10.1 Å². The summed E-state index contributed by atoms with van der Waals surface area (Å²) in [6.45, 7) is 5.06. The van der Waals surface area contributed by atoms with Crippen molar-refractivity contribution in [3.63, 3.8) is 0 Å². The first-order valence-electron chi connectivity index (χ1n) is 7.94. The van der Waals surface area contributed by atoms with Crippen LogP contribution in [0.15, 0.2) is 29.6 Å². The van der Waals surface area contributed by atoms with Crippen LogP contribution in [-0.2, 0) is 11.2 Å². The highest BCUT2D eigenvalue weighted by molar-refractivity contribution is 7.13. The van der Waals surface area contributed by atoms with Crippen LogP contribution in [0.1, 0.15) is 32.4 Å². The minimum Gasteiger partial charge on any atom is -0.497 e. The van der Waals surface area contributed by atoms with E-state index in [1.165, 1.54) is 0 Å². The zero-order chi connectivity index (χ0) is 16.7. The standard InChI is InChI=1S/C18H24N2O2S/c1-13(2)9-10-19-17(21)8-7-15-12-23-18(20-15)14-5-4-6-16(11-14)22-3/h4-6,11-13H,7-10H2,1-3H3,(H,19,21). The first-order valence-corrected chi connectivity index (χ1v) is 8.82. The number of nitrogens with one attached hydrogen (secondary N) is 1. The Morgan fingerprint density at radius 1 is 1.39 bits per heavy atom. The molecule has 4 nitrogen and oxygen atoms in total. The smallest absolute Gasteiger partial charge is 0.220 e. The molecule has 0 unspecified atom stereocenters. The molecule has 0 radical (unpaired) electrons. The number of hydrogen-bond donors (Lipinski definition) is 1. The van der Waals surface area contributed by atoms with Crippen LogP contribution in [0.5, 0.6) is 5.75 Å². The number of aryl methyl sites for hydroxylation is 1. The van der Waals surface area contributed by atoms with Crippen LogP contribution in [0.2, 0.25) is 0 Å². The second-order valence-corrected chi connectivity index (χ2v) is 6.77. The molecule has 1 heterocycles. The van der Waals surface area contributed by atoms with Gasteiger partial charge in [-0.1, -0.05) is 26.0 Å². The van der Waals surface area contributed by atoms with Gasteiger partial charge in [-0.15, -0.1) is 11.3 Å². The molecule has 0 aliphatic carbocycles. The van der Waals surface area contributed by atoms with E-state index in [4.69, 9.17) is 4.74 Å². The van der Waals surface area contributed by atoms with Crippen LogP contribution in [0, 0.1) is 5.92 Å². The number of rotatable bonds is 8. The van der Waals surface area contributed by atoms with Crippen molar-refractivity contribution >= 4 is 17.2 Å². The van der Waals surface area contributed by atoms with Gasteiger partial charge in [-0.05, 0) is 30.9 Å². The minimum atomic E-state index is 0.0987. The van der Waals surface area contributed by atoms with Crippen LogP contribution in [0.4, 0.5) is 0 Å². The molecule has 5 heteroatoms. The largest absolute Gasteiger partial charge is 0.497 e. The third-order valence-electron chi connectivity index (χ3n) is 3.52. The fourth-order valence-corrected chi connectivity index (χ4v) is 2.99. The summed E-state index contributed by atoms with van der Waals surface area (Å²) in [5.74, 6) is 1.53. The van der Waals surface area contributed by atoms with Crippen molar-refractivity contribution < 1.29 is 9.53 Å². The molecule has 0 fully saturated rings. The van der Waals surface area contributed by atoms with Crippen LogP contribution in [0.25, 0.3) is 10.6 Å². The minimum absolute atomic E-state index is 0.0987. The molecule has 1 amide bonds. The molecule has 0 atom stereocenters. The number of hydrogen-bond acceptors (Lipinski definition) is 4. The summed E-state index contributed by atoms with van der Waals surface area (Å²) in [5, 5.41) is 5.94. The summed E-state index contributed by atoms with van der Waals surface area (Å²) in [4.78, 5) is 16.4. The fourth-order valence-electron chi connectivity index (χ4n) is 2.14. The summed E-state index contributed by atoms with van der Waals surface area (Å²) in [6, 6.07) is 7.86. The van der Waals surface area contributed by atoms with E-state index in [0.29, 0.717) is 18.8 Å². The summed E-state index contributed by atoms with van der Waals surface area (Å²) in [5.41, 5.74) is 2.01. The number of carbonyl (C=O) groups excluding carboxylic acids is 1. The lowest BCUT2D eigenvalue weighted by atomic mass is 10.1. The first kappa shape index (κ1) is 17.5. The predicted molar refractivity (Wildman–Crippen MR) is 94.9 cm³/mol. The van der Waals surface area contributed by atoms with Gasteiger partial charge in [0.1, 0.15) is 10.8 Å². The molecule has 124 valence electrons. The van der Waals surface area contributed by atoms with E-state index in [-0.39, 0.29) is 5.91 Å². The molecule has 0 aliphatic rings. The fraction of sp³-hybridized carbons (Fsp3) is 0.444. The highest BCUT2D eigenvalue weighted by atomic mass is 32.1. The Labute approximate surface area is 141 Å². The predicted octanol–water partition coefficient (Wildman–Crippen LogP) is 3.91. The third-order valence-corrected chi connectivity index (χ3v) is 4.46. The number of thiazole rings is 1. The van der Waals surface area contributed by atoms with Crippen LogP contribution in [0.3, 0.4) is 0 Å². The van der Waals surface area contributed by atoms with Gasteiger partial charge >= 0.3 is 0 Å². The van der Waals surface area contributed by atoms with E-state index in [1.54, 1.807) is 18.4 Å². The maximum Gasteiger partial charge on any atom is 0.220 e. The summed E-state index contributed by atoms with van der Waals surface area (Å²) in [6.07, 6.45) is 2.18. The number of carbonyl (C=O) groups is 1. The average Bonchev–Trinajstić information content (AvgIpc) is 3.01. The zero-order valence-corrected chi connectivity index (χ0v) is 14.8. The Morgan fingerprint density at radius 2 is 2.22 bits per heavy atom. The van der Waals surface area contributed by atoms with Gasteiger partial charge < -0.3 is 10.1 Å². The Balaban J connectivity index is 1.86. The molecule has 0 saturated heterocycles. The lowest BCUT2D eigenvalue weighted by Crippen LogP contribution is -2.25. The third kappa shape index (κ3) is 5.67. The Morgan fingerprint density at radius 3 is 2.96 bits per heavy atom. The van der Waals surface area contributed by atoms with Gasteiger partial charge in [-0.2, -0.15) is 0 Å². The second kappa shape index (κ2) is 8.67. The molecule has 1 N–H and O–H groups in total. The molecule has 0 bridgehead atoms. The molecule has 2 rings (SSSR count). The molecule has 1 aromatic heterocycles. The van der Waals surface area contributed by atoms with Crippen molar-refractivity contribution in [1.29, 1.82) is 0 Å². The van der Waals surface area contributed by atoms with E-state index in [2.05, 4.69) is 24.1 Å². The molecule has 0 saturated carbocycles. The van der Waals surface area contributed by atoms with Gasteiger partial charge in [0.15, 0.2) is 0 Å². The second-order valence-electron chi connectivity index (χ2n) is 5.91. The highest BCUT2D eigenvalue weighted by Gasteiger charge is 2.08. The summed E-state index contributed by atoms with van der Waals surface area (Å²) in [7, 11) is 1.66. The van der Waals surface area contributed by atoms with Crippen molar-refractivity contribution in [1.82, 2.24) is 10.3 Å². The number of ether oxygens (including phenoxy) is 1. The van der Waals surface area contributed by atoms with Crippen molar-refractivity contribution in [2.75, 3.05) is 13.7 Å². The number of methoxy groups -OCH3 is 1. The van der Waals surface area contributed by atoms with Gasteiger partial charge in [0.05, 0.1) is 12.8 Å². The van der Waals surface area contributed by atoms with Gasteiger partial charge in [0.2, 0.25) is 5.91 Å². The monoisotopic (exact) mass is 332 g/mol. The van der Waals surface area contributed by atoms with Gasteiger partial charge in [-0.25, -0.2) is 4.98 Å².